The Bertz CT molecular complexity index is 629. The second kappa shape index (κ2) is 5.53. The molecule has 3 heteroatoms. The molecule has 0 saturated heterocycles. The van der Waals surface area contributed by atoms with Crippen molar-refractivity contribution in [3.05, 3.63) is 65.0 Å². The van der Waals surface area contributed by atoms with Gasteiger partial charge in [-0.2, -0.15) is 5.26 Å². The fourth-order valence-corrected chi connectivity index (χ4v) is 1.99. The average molecular weight is 254 g/mol. The van der Waals surface area contributed by atoms with E-state index in [1.165, 1.54) is 17.7 Å². The number of nitriles is 1. The molecule has 2 nitrogen and oxygen atoms in total. The van der Waals surface area contributed by atoms with Crippen LogP contribution in [0, 0.1) is 24.1 Å². The first-order valence-corrected chi connectivity index (χ1v) is 6.13. The fraction of sp³-hybridized carbons (Fsp3) is 0.188. The van der Waals surface area contributed by atoms with Gasteiger partial charge in [0.25, 0.3) is 0 Å². The first kappa shape index (κ1) is 13.1. The molecule has 2 aromatic carbocycles. The lowest BCUT2D eigenvalue weighted by Crippen LogP contribution is -2.08. The standard InChI is InChI=1S/C16H15FN2/c1-11-4-3-5-13(8-11)12(2)19-16-7-6-15(17)9-14(16)10-18/h3-9,12,19H,1-2H3. The van der Waals surface area contributed by atoms with Crippen molar-refractivity contribution >= 4 is 5.69 Å². The number of nitrogens with zero attached hydrogens (tertiary/aromatic N) is 1. The molecule has 0 spiro atoms. The van der Waals surface area contributed by atoms with Gasteiger partial charge in [0.2, 0.25) is 0 Å². The maximum Gasteiger partial charge on any atom is 0.124 e. The Kier molecular flexibility index (Phi) is 3.82. The zero-order valence-electron chi connectivity index (χ0n) is 10.9. The number of hydrogen-bond donors (Lipinski definition) is 1. The Morgan fingerprint density at radius 1 is 1.21 bits per heavy atom. The van der Waals surface area contributed by atoms with Crippen molar-refractivity contribution in [3.63, 3.8) is 0 Å². The molecule has 0 bridgehead atoms. The van der Waals surface area contributed by atoms with Crippen LogP contribution in [0.5, 0.6) is 0 Å². The number of nitrogens with one attached hydrogen (secondary N) is 1. The van der Waals surface area contributed by atoms with Crippen LogP contribution in [0.1, 0.15) is 29.7 Å². The molecular formula is C16H15FN2. The Morgan fingerprint density at radius 2 is 2.00 bits per heavy atom. The van der Waals surface area contributed by atoms with Crippen LogP contribution in [0.2, 0.25) is 0 Å². The number of hydrogen-bond acceptors (Lipinski definition) is 2. The molecule has 19 heavy (non-hydrogen) atoms. The highest BCUT2D eigenvalue weighted by molar-refractivity contribution is 5.58. The Balaban J connectivity index is 2.24. The zero-order chi connectivity index (χ0) is 13.8. The summed E-state index contributed by atoms with van der Waals surface area (Å²) in [6, 6.07) is 14.4. The van der Waals surface area contributed by atoms with Gasteiger partial charge in [0.15, 0.2) is 0 Å². The van der Waals surface area contributed by atoms with Gasteiger partial charge >= 0.3 is 0 Å². The zero-order valence-corrected chi connectivity index (χ0v) is 10.9. The van der Waals surface area contributed by atoms with E-state index in [0.717, 1.165) is 5.56 Å². The first-order chi connectivity index (χ1) is 9.10. The second-order valence-electron chi connectivity index (χ2n) is 4.58. The summed E-state index contributed by atoms with van der Waals surface area (Å²) >= 11 is 0. The number of aryl methyl sites for hydroxylation is 1. The van der Waals surface area contributed by atoms with E-state index in [4.69, 9.17) is 5.26 Å². The van der Waals surface area contributed by atoms with E-state index in [1.54, 1.807) is 6.07 Å². The normalized spacial score (nSPS) is 11.7. The lowest BCUT2D eigenvalue weighted by atomic mass is 10.0. The van der Waals surface area contributed by atoms with Crippen molar-refractivity contribution in [2.45, 2.75) is 19.9 Å². The Labute approximate surface area is 112 Å². The third-order valence-electron chi connectivity index (χ3n) is 3.02. The predicted octanol–water partition coefficient (Wildman–Crippen LogP) is 4.18. The molecule has 0 heterocycles. The van der Waals surface area contributed by atoms with E-state index in [9.17, 15) is 4.39 Å². The molecule has 0 radical (unpaired) electrons. The topological polar surface area (TPSA) is 35.8 Å². The summed E-state index contributed by atoms with van der Waals surface area (Å²) in [6.45, 7) is 4.05. The third-order valence-corrected chi connectivity index (χ3v) is 3.02. The summed E-state index contributed by atoms with van der Waals surface area (Å²) in [4.78, 5) is 0. The monoisotopic (exact) mass is 254 g/mol. The summed E-state index contributed by atoms with van der Waals surface area (Å²) in [7, 11) is 0. The molecular weight excluding hydrogens is 239 g/mol. The van der Waals surface area contributed by atoms with Crippen molar-refractivity contribution < 1.29 is 4.39 Å². The summed E-state index contributed by atoms with van der Waals surface area (Å²) < 4.78 is 13.1. The van der Waals surface area contributed by atoms with E-state index in [0.29, 0.717) is 11.3 Å². The van der Waals surface area contributed by atoms with Crippen molar-refractivity contribution in [1.29, 1.82) is 5.26 Å². The maximum atomic E-state index is 13.1. The van der Waals surface area contributed by atoms with E-state index in [1.807, 2.05) is 38.1 Å². The molecule has 0 aliphatic heterocycles. The lowest BCUT2D eigenvalue weighted by Gasteiger charge is -2.17. The first-order valence-electron chi connectivity index (χ1n) is 6.13. The van der Waals surface area contributed by atoms with Gasteiger partial charge in [0.1, 0.15) is 11.9 Å². The van der Waals surface area contributed by atoms with Crippen LogP contribution in [-0.4, -0.2) is 0 Å². The molecule has 96 valence electrons. The summed E-state index contributed by atoms with van der Waals surface area (Å²) in [5, 5.41) is 12.3. The van der Waals surface area contributed by atoms with Crippen LogP contribution in [0.3, 0.4) is 0 Å². The lowest BCUT2D eigenvalue weighted by molar-refractivity contribution is 0.627. The molecule has 1 atom stereocenters. The molecule has 2 rings (SSSR count). The number of halogens is 1. The van der Waals surface area contributed by atoms with Crippen LogP contribution in [0.25, 0.3) is 0 Å². The number of anilines is 1. The third kappa shape index (κ3) is 3.11. The second-order valence-corrected chi connectivity index (χ2v) is 4.58. The Hall–Kier alpha value is -2.34. The highest BCUT2D eigenvalue weighted by Crippen LogP contribution is 2.23. The van der Waals surface area contributed by atoms with Crippen LogP contribution in [-0.2, 0) is 0 Å². The van der Waals surface area contributed by atoms with Gasteiger partial charge in [-0.3, -0.25) is 0 Å². The highest BCUT2D eigenvalue weighted by Gasteiger charge is 2.09. The van der Waals surface area contributed by atoms with Gasteiger partial charge in [-0.05, 0) is 37.6 Å². The molecule has 0 fully saturated rings. The molecule has 1 N–H and O–H groups in total. The van der Waals surface area contributed by atoms with Crippen LogP contribution in [0.15, 0.2) is 42.5 Å². The van der Waals surface area contributed by atoms with Gasteiger partial charge in [-0.25, -0.2) is 4.39 Å². The summed E-state index contributed by atoms with van der Waals surface area (Å²) in [5.41, 5.74) is 3.29. The summed E-state index contributed by atoms with van der Waals surface area (Å²) in [6.07, 6.45) is 0. The van der Waals surface area contributed by atoms with E-state index in [2.05, 4.69) is 11.4 Å². The van der Waals surface area contributed by atoms with Crippen molar-refractivity contribution in [2.75, 3.05) is 5.32 Å². The molecule has 1 unspecified atom stereocenters. The maximum absolute atomic E-state index is 13.1. The predicted molar refractivity (Wildman–Crippen MR) is 74.3 cm³/mol. The van der Waals surface area contributed by atoms with Gasteiger partial charge in [0.05, 0.1) is 11.3 Å². The summed E-state index contributed by atoms with van der Waals surface area (Å²) in [5.74, 6) is -0.398. The quantitative estimate of drug-likeness (QED) is 0.891. The van der Waals surface area contributed by atoms with E-state index in [-0.39, 0.29) is 6.04 Å². The van der Waals surface area contributed by atoms with E-state index < -0.39 is 5.82 Å². The minimum atomic E-state index is -0.398. The number of benzene rings is 2. The van der Waals surface area contributed by atoms with Crippen LogP contribution < -0.4 is 5.32 Å². The van der Waals surface area contributed by atoms with Gasteiger partial charge in [-0.15, -0.1) is 0 Å². The van der Waals surface area contributed by atoms with Crippen molar-refractivity contribution in [3.8, 4) is 6.07 Å². The molecule has 0 aromatic heterocycles. The molecule has 0 aliphatic rings. The molecule has 0 saturated carbocycles. The number of rotatable bonds is 3. The smallest absolute Gasteiger partial charge is 0.124 e. The van der Waals surface area contributed by atoms with Gasteiger partial charge in [-0.1, -0.05) is 29.8 Å². The molecule has 2 aromatic rings. The van der Waals surface area contributed by atoms with Crippen LogP contribution >= 0.6 is 0 Å². The SMILES string of the molecule is Cc1cccc(C(C)Nc2ccc(F)cc2C#N)c1. The van der Waals surface area contributed by atoms with Crippen LogP contribution in [0.4, 0.5) is 10.1 Å². The average Bonchev–Trinajstić information content (AvgIpc) is 2.40. The van der Waals surface area contributed by atoms with Gasteiger partial charge in [0, 0.05) is 6.04 Å². The van der Waals surface area contributed by atoms with E-state index >= 15 is 0 Å². The molecule has 0 aliphatic carbocycles. The largest absolute Gasteiger partial charge is 0.377 e. The van der Waals surface area contributed by atoms with Crippen molar-refractivity contribution in [1.82, 2.24) is 0 Å². The molecule has 0 amide bonds. The van der Waals surface area contributed by atoms with Gasteiger partial charge < -0.3 is 5.32 Å². The Morgan fingerprint density at radius 3 is 2.68 bits per heavy atom. The fourth-order valence-electron chi connectivity index (χ4n) is 1.99. The minimum Gasteiger partial charge on any atom is -0.377 e. The highest BCUT2D eigenvalue weighted by atomic mass is 19.1. The minimum absolute atomic E-state index is 0.0532. The van der Waals surface area contributed by atoms with Crippen molar-refractivity contribution in [2.24, 2.45) is 0 Å².